The lowest BCUT2D eigenvalue weighted by molar-refractivity contribution is 0.458. The molecule has 1 heterocycles. The molecule has 1 aliphatic carbocycles. The summed E-state index contributed by atoms with van der Waals surface area (Å²) in [6.45, 7) is 10.8. The van der Waals surface area contributed by atoms with Crippen LogP contribution in [0.2, 0.25) is 10.0 Å². The highest BCUT2D eigenvalue weighted by Crippen LogP contribution is 2.40. The Labute approximate surface area is 207 Å². The van der Waals surface area contributed by atoms with Gasteiger partial charge in [0.1, 0.15) is 5.82 Å². The van der Waals surface area contributed by atoms with Crippen LogP contribution in [-0.2, 0) is 0 Å². The van der Waals surface area contributed by atoms with E-state index in [1.54, 1.807) is 6.07 Å². The molecule has 180 valence electrons. The zero-order valence-corrected chi connectivity index (χ0v) is 21.8. The molecule has 33 heavy (non-hydrogen) atoms. The Hall–Kier alpha value is -1.65. The van der Waals surface area contributed by atoms with Gasteiger partial charge in [-0.25, -0.2) is 4.39 Å². The van der Waals surface area contributed by atoms with Crippen LogP contribution in [0.4, 0.5) is 4.39 Å². The quantitative estimate of drug-likeness (QED) is 0.385. The smallest absolute Gasteiger partial charge is 0.142 e. The molecule has 0 fully saturated rings. The number of allylic oxidation sites excluding steroid dienone is 2. The van der Waals surface area contributed by atoms with Crippen LogP contribution in [0.1, 0.15) is 95.7 Å². The van der Waals surface area contributed by atoms with E-state index in [4.69, 9.17) is 28.6 Å². The van der Waals surface area contributed by atoms with Crippen molar-refractivity contribution < 1.29 is 4.39 Å². The summed E-state index contributed by atoms with van der Waals surface area (Å²) in [5.74, 6) is 0.443. The molecule has 0 aliphatic heterocycles. The molecule has 0 amide bonds. The highest BCUT2D eigenvalue weighted by Gasteiger charge is 2.26. The second-order valence-corrected chi connectivity index (χ2v) is 10.7. The lowest BCUT2D eigenvalue weighted by Crippen LogP contribution is -2.17. The second kappa shape index (κ2) is 11.2. The summed E-state index contributed by atoms with van der Waals surface area (Å²) in [6.07, 6.45) is 11.1. The SMILES string of the molecule is CCC(C)n1cc(C2C=C(CC(C)C(C)c3c(Cl)ccc(F)c3Cl)C(=N)CCC(C)C2)cn1. The maximum Gasteiger partial charge on any atom is 0.142 e. The summed E-state index contributed by atoms with van der Waals surface area (Å²) in [5, 5.41) is 14.0. The van der Waals surface area contributed by atoms with Gasteiger partial charge >= 0.3 is 0 Å². The first-order valence-electron chi connectivity index (χ1n) is 12.1. The third-order valence-electron chi connectivity index (χ3n) is 7.36. The second-order valence-electron chi connectivity index (χ2n) is 9.89. The molecule has 0 spiro atoms. The summed E-state index contributed by atoms with van der Waals surface area (Å²) < 4.78 is 16.2. The molecule has 1 aliphatic rings. The van der Waals surface area contributed by atoms with Crippen LogP contribution in [0.15, 0.2) is 36.2 Å². The number of nitrogens with zero attached hydrogens (tertiary/aromatic N) is 2. The average molecular weight is 493 g/mol. The first kappa shape index (κ1) is 26.0. The predicted molar refractivity (Wildman–Crippen MR) is 137 cm³/mol. The summed E-state index contributed by atoms with van der Waals surface area (Å²) in [4.78, 5) is 0. The molecule has 5 unspecified atom stereocenters. The molecule has 2 aromatic rings. The van der Waals surface area contributed by atoms with E-state index >= 15 is 0 Å². The van der Waals surface area contributed by atoms with Crippen LogP contribution >= 0.6 is 23.2 Å². The van der Waals surface area contributed by atoms with Crippen molar-refractivity contribution in [3.05, 3.63) is 63.2 Å². The Kier molecular flexibility index (Phi) is 8.80. The summed E-state index contributed by atoms with van der Waals surface area (Å²) in [5.41, 5.74) is 3.65. The fourth-order valence-electron chi connectivity index (χ4n) is 4.68. The lowest BCUT2D eigenvalue weighted by atomic mass is 9.78. The molecule has 5 atom stereocenters. The molecule has 0 radical (unpaired) electrons. The van der Waals surface area contributed by atoms with Gasteiger partial charge in [-0.05, 0) is 85.6 Å². The molecule has 0 bridgehead atoms. The molecule has 0 saturated carbocycles. The van der Waals surface area contributed by atoms with Crippen LogP contribution in [0.5, 0.6) is 0 Å². The van der Waals surface area contributed by atoms with E-state index in [0.29, 0.717) is 28.3 Å². The Bertz CT molecular complexity index is 1010. The maximum absolute atomic E-state index is 14.1. The van der Waals surface area contributed by atoms with Gasteiger partial charge in [0, 0.05) is 28.9 Å². The van der Waals surface area contributed by atoms with E-state index in [-0.39, 0.29) is 22.8 Å². The van der Waals surface area contributed by atoms with E-state index in [0.717, 1.165) is 37.7 Å². The zero-order valence-electron chi connectivity index (χ0n) is 20.3. The molecule has 0 saturated heterocycles. The Balaban J connectivity index is 1.89. The fourth-order valence-corrected chi connectivity index (χ4v) is 5.39. The standard InChI is InChI=1S/C27H36Cl2FN3/c1-6-18(4)33-15-22(14-32-33)20-11-16(2)7-10-25(31)21(13-20)12-17(3)19(5)26-23(28)8-9-24(30)27(26)29/h8-9,13-20,31H,6-7,10-12H2,1-5H3. The van der Waals surface area contributed by atoms with Crippen molar-refractivity contribution in [2.45, 2.75) is 84.6 Å². The average Bonchev–Trinajstić information content (AvgIpc) is 3.27. The number of nitrogens with one attached hydrogen (secondary N) is 1. The molecule has 1 aromatic heterocycles. The number of halogens is 3. The van der Waals surface area contributed by atoms with Gasteiger partial charge in [-0.15, -0.1) is 0 Å². The summed E-state index contributed by atoms with van der Waals surface area (Å²) in [7, 11) is 0. The Morgan fingerprint density at radius 2 is 1.97 bits per heavy atom. The summed E-state index contributed by atoms with van der Waals surface area (Å²) >= 11 is 12.7. The van der Waals surface area contributed by atoms with Gasteiger partial charge in [-0.2, -0.15) is 5.10 Å². The fraction of sp³-hybridized carbons (Fsp3) is 0.556. The van der Waals surface area contributed by atoms with Gasteiger partial charge in [0.25, 0.3) is 0 Å². The minimum Gasteiger partial charge on any atom is -0.305 e. The largest absolute Gasteiger partial charge is 0.305 e. The van der Waals surface area contributed by atoms with Gasteiger partial charge in [0.05, 0.1) is 11.2 Å². The Morgan fingerprint density at radius 3 is 2.67 bits per heavy atom. The van der Waals surface area contributed by atoms with Gasteiger partial charge in [0.15, 0.2) is 0 Å². The van der Waals surface area contributed by atoms with Crippen molar-refractivity contribution in [2.24, 2.45) is 11.8 Å². The van der Waals surface area contributed by atoms with Crippen molar-refractivity contribution in [1.29, 1.82) is 5.41 Å². The van der Waals surface area contributed by atoms with Crippen LogP contribution < -0.4 is 0 Å². The maximum atomic E-state index is 14.1. The molecule has 1 aromatic carbocycles. The molecular formula is C27H36Cl2FN3. The first-order chi connectivity index (χ1) is 15.6. The number of hydrogen-bond donors (Lipinski definition) is 1. The van der Waals surface area contributed by atoms with Gasteiger partial charge in [-0.1, -0.05) is 57.0 Å². The predicted octanol–water partition coefficient (Wildman–Crippen LogP) is 8.98. The van der Waals surface area contributed by atoms with E-state index in [1.165, 1.54) is 11.6 Å². The summed E-state index contributed by atoms with van der Waals surface area (Å²) in [6, 6.07) is 3.25. The lowest BCUT2D eigenvalue weighted by Gasteiger charge is -2.27. The van der Waals surface area contributed by atoms with Crippen molar-refractivity contribution in [1.82, 2.24) is 9.78 Å². The van der Waals surface area contributed by atoms with Crippen LogP contribution in [0.3, 0.4) is 0 Å². The zero-order chi connectivity index (χ0) is 24.3. The highest BCUT2D eigenvalue weighted by molar-refractivity contribution is 6.36. The van der Waals surface area contributed by atoms with E-state index in [9.17, 15) is 4.39 Å². The Morgan fingerprint density at radius 1 is 1.24 bits per heavy atom. The van der Waals surface area contributed by atoms with E-state index in [2.05, 4.69) is 49.7 Å². The van der Waals surface area contributed by atoms with Crippen molar-refractivity contribution in [3.63, 3.8) is 0 Å². The number of benzene rings is 1. The normalized spacial score (nSPS) is 22.3. The first-order valence-corrected chi connectivity index (χ1v) is 12.8. The van der Waals surface area contributed by atoms with Gasteiger partial charge < -0.3 is 5.41 Å². The van der Waals surface area contributed by atoms with Crippen LogP contribution in [0.25, 0.3) is 0 Å². The third-order valence-corrected chi connectivity index (χ3v) is 8.07. The molecule has 1 N–H and O–H groups in total. The van der Waals surface area contributed by atoms with E-state index in [1.807, 2.05) is 13.1 Å². The van der Waals surface area contributed by atoms with Crippen LogP contribution in [-0.4, -0.2) is 15.5 Å². The molecule has 3 nitrogen and oxygen atoms in total. The highest BCUT2D eigenvalue weighted by atomic mass is 35.5. The van der Waals surface area contributed by atoms with Crippen molar-refractivity contribution in [2.75, 3.05) is 0 Å². The topological polar surface area (TPSA) is 41.7 Å². The van der Waals surface area contributed by atoms with Crippen molar-refractivity contribution in [3.8, 4) is 0 Å². The van der Waals surface area contributed by atoms with E-state index < -0.39 is 5.82 Å². The molecular weight excluding hydrogens is 456 g/mol. The molecule has 6 heteroatoms. The third kappa shape index (κ3) is 6.08. The van der Waals surface area contributed by atoms with Crippen molar-refractivity contribution >= 4 is 28.9 Å². The minimum absolute atomic E-state index is 0.0367. The monoisotopic (exact) mass is 491 g/mol. The van der Waals surface area contributed by atoms with Gasteiger partial charge in [-0.3, -0.25) is 4.68 Å². The number of aromatic nitrogens is 2. The van der Waals surface area contributed by atoms with Crippen LogP contribution in [0, 0.1) is 23.1 Å². The number of hydrogen-bond acceptors (Lipinski definition) is 2. The molecule has 3 rings (SSSR count). The minimum atomic E-state index is -0.444. The number of rotatable bonds is 7. The van der Waals surface area contributed by atoms with Gasteiger partial charge in [0.2, 0.25) is 0 Å².